The molecule has 0 fully saturated rings. The first kappa shape index (κ1) is 13.0. The predicted molar refractivity (Wildman–Crippen MR) is 74.1 cm³/mol. The average Bonchev–Trinajstić information content (AvgIpc) is 3.17. The van der Waals surface area contributed by atoms with E-state index in [-0.39, 0.29) is 11.7 Å². The molecule has 3 rings (SSSR count). The van der Waals surface area contributed by atoms with Crippen LogP contribution in [0.4, 0.5) is 0 Å². The lowest BCUT2D eigenvalue weighted by Gasteiger charge is -2.03. The van der Waals surface area contributed by atoms with E-state index in [1.165, 1.54) is 12.3 Å². The second kappa shape index (κ2) is 5.58. The number of hydrogen-bond donors (Lipinski definition) is 1. The summed E-state index contributed by atoms with van der Waals surface area (Å²) in [6.45, 7) is 0.375. The Bertz CT molecular complexity index is 731. The van der Waals surface area contributed by atoms with Gasteiger partial charge in [-0.3, -0.25) is 14.5 Å². The molecule has 0 radical (unpaired) electrons. The smallest absolute Gasteiger partial charge is 0.290 e. The minimum atomic E-state index is -0.302. The van der Waals surface area contributed by atoms with Crippen molar-refractivity contribution in [2.75, 3.05) is 0 Å². The van der Waals surface area contributed by atoms with E-state index in [0.717, 1.165) is 16.8 Å². The number of nitrogens with zero attached hydrogens (tertiary/aromatic N) is 4. The van der Waals surface area contributed by atoms with Crippen LogP contribution in [0.15, 0.2) is 47.5 Å². The summed E-state index contributed by atoms with van der Waals surface area (Å²) in [4.78, 5) is 16.1. The molecule has 21 heavy (non-hydrogen) atoms. The summed E-state index contributed by atoms with van der Waals surface area (Å²) in [5, 5.41) is 10.3. The number of aryl methyl sites for hydroxylation is 1. The highest BCUT2D eigenvalue weighted by Gasteiger charge is 2.09. The second-order valence-corrected chi connectivity index (χ2v) is 4.51. The largest absolute Gasteiger partial charge is 0.351 e. The number of hydrogen-bond acceptors (Lipinski definition) is 5. The Morgan fingerprint density at radius 3 is 2.86 bits per heavy atom. The van der Waals surface area contributed by atoms with Gasteiger partial charge in [-0.15, -0.1) is 0 Å². The van der Waals surface area contributed by atoms with E-state index in [9.17, 15) is 4.79 Å². The molecule has 1 N–H and O–H groups in total. The molecule has 0 bridgehead atoms. The summed E-state index contributed by atoms with van der Waals surface area (Å²) in [5.41, 5.74) is 2.69. The molecule has 0 spiro atoms. The van der Waals surface area contributed by atoms with Crippen molar-refractivity contribution in [1.29, 1.82) is 0 Å². The van der Waals surface area contributed by atoms with Gasteiger partial charge in [0.2, 0.25) is 5.76 Å². The summed E-state index contributed by atoms with van der Waals surface area (Å²) in [6, 6.07) is 5.32. The highest BCUT2D eigenvalue weighted by atomic mass is 16.5. The van der Waals surface area contributed by atoms with Gasteiger partial charge in [0.05, 0.1) is 18.1 Å². The Hall–Kier alpha value is -2.96. The molecule has 3 aromatic heterocycles. The molecule has 106 valence electrons. The lowest BCUT2D eigenvalue weighted by Crippen LogP contribution is -2.22. The van der Waals surface area contributed by atoms with Crippen LogP contribution < -0.4 is 5.32 Å². The average molecular weight is 283 g/mol. The van der Waals surface area contributed by atoms with Gasteiger partial charge in [0.15, 0.2) is 0 Å². The fraction of sp³-hybridized carbons (Fsp3) is 0.143. The molecule has 0 saturated carbocycles. The molecular weight excluding hydrogens is 270 g/mol. The van der Waals surface area contributed by atoms with E-state index in [4.69, 9.17) is 4.52 Å². The quantitative estimate of drug-likeness (QED) is 0.782. The zero-order chi connectivity index (χ0) is 14.7. The molecule has 0 unspecified atom stereocenters. The summed E-state index contributed by atoms with van der Waals surface area (Å²) >= 11 is 0. The topological polar surface area (TPSA) is 85.8 Å². The van der Waals surface area contributed by atoms with Crippen LogP contribution in [0.25, 0.3) is 11.3 Å². The molecule has 0 atom stereocenters. The third-order valence-corrected chi connectivity index (χ3v) is 2.94. The van der Waals surface area contributed by atoms with Crippen LogP contribution in [0, 0.1) is 0 Å². The van der Waals surface area contributed by atoms with Crippen LogP contribution in [-0.4, -0.2) is 25.8 Å². The molecule has 0 saturated heterocycles. The number of pyridine rings is 1. The van der Waals surface area contributed by atoms with Crippen LogP contribution in [0.2, 0.25) is 0 Å². The number of carbonyl (C=O) groups excluding carboxylic acids is 1. The lowest BCUT2D eigenvalue weighted by atomic mass is 10.2. The Labute approximate surface area is 120 Å². The first-order chi connectivity index (χ1) is 10.2. The molecule has 0 aromatic carbocycles. The van der Waals surface area contributed by atoms with E-state index in [1.54, 1.807) is 17.1 Å². The summed E-state index contributed by atoms with van der Waals surface area (Å²) in [6.07, 6.45) is 6.81. The molecule has 1 amide bonds. The highest BCUT2D eigenvalue weighted by molar-refractivity contribution is 5.91. The monoisotopic (exact) mass is 283 g/mol. The Kier molecular flexibility index (Phi) is 3.46. The van der Waals surface area contributed by atoms with Crippen LogP contribution >= 0.6 is 0 Å². The molecule has 0 aliphatic rings. The second-order valence-electron chi connectivity index (χ2n) is 4.51. The maximum atomic E-state index is 11.7. The summed E-state index contributed by atoms with van der Waals surface area (Å²) in [5.74, 6) is -0.112. The number of aromatic nitrogens is 4. The minimum absolute atomic E-state index is 0.190. The molecule has 0 aliphatic carbocycles. The van der Waals surface area contributed by atoms with Crippen molar-refractivity contribution in [3.8, 4) is 11.3 Å². The van der Waals surface area contributed by atoms with E-state index in [1.807, 2.05) is 25.4 Å². The molecule has 3 aromatic rings. The Morgan fingerprint density at radius 2 is 2.24 bits per heavy atom. The van der Waals surface area contributed by atoms with E-state index in [0.29, 0.717) is 6.54 Å². The first-order valence-corrected chi connectivity index (χ1v) is 6.35. The van der Waals surface area contributed by atoms with Crippen molar-refractivity contribution in [2.45, 2.75) is 6.54 Å². The fourth-order valence-electron chi connectivity index (χ4n) is 1.86. The van der Waals surface area contributed by atoms with Gasteiger partial charge < -0.3 is 9.84 Å². The van der Waals surface area contributed by atoms with Gasteiger partial charge in [-0.25, -0.2) is 0 Å². The standard InChI is InChI=1S/C14H13N5O2/c1-19-9-11(8-17-19)12-3-2-10(6-15-12)7-16-14(20)13-4-5-18-21-13/h2-6,8-9H,7H2,1H3,(H,16,20). The zero-order valence-electron chi connectivity index (χ0n) is 11.4. The molecule has 0 aliphatic heterocycles. The van der Waals surface area contributed by atoms with Crippen LogP contribution in [0.3, 0.4) is 0 Å². The van der Waals surface area contributed by atoms with Gasteiger partial charge in [0.1, 0.15) is 0 Å². The zero-order valence-corrected chi connectivity index (χ0v) is 11.4. The predicted octanol–water partition coefficient (Wildman–Crippen LogP) is 1.40. The maximum Gasteiger partial charge on any atom is 0.290 e. The Balaban J connectivity index is 1.63. The molecular formula is C14H13N5O2. The number of amides is 1. The molecule has 7 heteroatoms. The summed E-state index contributed by atoms with van der Waals surface area (Å²) < 4.78 is 6.50. The van der Waals surface area contributed by atoms with Crippen molar-refractivity contribution in [2.24, 2.45) is 7.05 Å². The van der Waals surface area contributed by atoms with Crippen molar-refractivity contribution < 1.29 is 9.32 Å². The normalized spacial score (nSPS) is 10.5. The third-order valence-electron chi connectivity index (χ3n) is 2.94. The first-order valence-electron chi connectivity index (χ1n) is 6.35. The van der Waals surface area contributed by atoms with Crippen LogP contribution in [0.5, 0.6) is 0 Å². The minimum Gasteiger partial charge on any atom is -0.351 e. The van der Waals surface area contributed by atoms with Crippen molar-refractivity contribution in [1.82, 2.24) is 25.2 Å². The number of carbonyl (C=O) groups is 1. The van der Waals surface area contributed by atoms with Gasteiger partial charge in [-0.05, 0) is 11.6 Å². The maximum absolute atomic E-state index is 11.7. The highest BCUT2D eigenvalue weighted by Crippen LogP contribution is 2.15. The number of nitrogens with one attached hydrogen (secondary N) is 1. The SMILES string of the molecule is Cn1cc(-c2ccc(CNC(=O)c3ccno3)cn2)cn1. The van der Waals surface area contributed by atoms with E-state index < -0.39 is 0 Å². The van der Waals surface area contributed by atoms with Gasteiger partial charge in [0.25, 0.3) is 5.91 Å². The number of rotatable bonds is 4. The van der Waals surface area contributed by atoms with Gasteiger partial charge >= 0.3 is 0 Å². The lowest BCUT2D eigenvalue weighted by molar-refractivity contribution is 0.0914. The fourth-order valence-corrected chi connectivity index (χ4v) is 1.86. The van der Waals surface area contributed by atoms with Crippen LogP contribution in [0.1, 0.15) is 16.1 Å². The van der Waals surface area contributed by atoms with E-state index >= 15 is 0 Å². The van der Waals surface area contributed by atoms with Gasteiger partial charge in [0, 0.05) is 37.6 Å². The summed E-state index contributed by atoms with van der Waals surface area (Å²) in [7, 11) is 1.86. The van der Waals surface area contributed by atoms with Crippen molar-refractivity contribution in [3.63, 3.8) is 0 Å². The third kappa shape index (κ3) is 2.97. The molecule has 3 heterocycles. The van der Waals surface area contributed by atoms with Gasteiger partial charge in [-0.2, -0.15) is 5.10 Å². The molecule has 7 nitrogen and oxygen atoms in total. The van der Waals surface area contributed by atoms with Crippen LogP contribution in [-0.2, 0) is 13.6 Å². The van der Waals surface area contributed by atoms with Crippen molar-refractivity contribution >= 4 is 5.91 Å². The van der Waals surface area contributed by atoms with Crippen molar-refractivity contribution in [3.05, 3.63) is 54.3 Å². The Morgan fingerprint density at radius 1 is 1.33 bits per heavy atom. The van der Waals surface area contributed by atoms with Gasteiger partial charge in [-0.1, -0.05) is 11.2 Å². The van der Waals surface area contributed by atoms with E-state index in [2.05, 4.69) is 20.6 Å².